The number of carbonyl (C=O) groups excluding carboxylic acids is 3. The fraction of sp³-hybridized carbons (Fsp3) is 0.0800. The average Bonchev–Trinajstić information content (AvgIpc) is 3.13. The van der Waals surface area contributed by atoms with Gasteiger partial charge in [-0.1, -0.05) is 92.0 Å². The van der Waals surface area contributed by atoms with Crippen LogP contribution in [-0.2, 0) is 23.9 Å². The molecule has 0 aliphatic carbocycles. The standard InChI is InChI=1S/C9H10.C8H8.C4H2O3.C4H6O2/c1-8(2)9-6-4-3-5-7-9;1-2-8-6-4-3-5-7-8;5-3-1-2-4(6)7-3;1-3-6-4(2)5/h3-7H,1H2,2H3;2-7H,1H2;1-2H;3H,1H2,2H3. The fourth-order valence-corrected chi connectivity index (χ4v) is 1.73. The van der Waals surface area contributed by atoms with E-state index in [9.17, 15) is 14.4 Å². The van der Waals surface area contributed by atoms with E-state index in [-0.39, 0.29) is 5.97 Å². The highest BCUT2D eigenvalue weighted by molar-refractivity contribution is 6.04. The number of rotatable bonds is 3. The number of allylic oxidation sites excluding steroid dienone is 1. The molecule has 1 heterocycles. The van der Waals surface area contributed by atoms with E-state index >= 15 is 0 Å². The van der Waals surface area contributed by atoms with Crippen LogP contribution in [0.5, 0.6) is 0 Å². The highest BCUT2D eigenvalue weighted by Crippen LogP contribution is 2.08. The zero-order chi connectivity index (χ0) is 22.8. The Kier molecular flexibility index (Phi) is 13.9. The van der Waals surface area contributed by atoms with Gasteiger partial charge in [0.2, 0.25) is 0 Å². The summed E-state index contributed by atoms with van der Waals surface area (Å²) < 4.78 is 8.14. The van der Waals surface area contributed by atoms with Gasteiger partial charge in [-0.2, -0.15) is 0 Å². The van der Waals surface area contributed by atoms with Gasteiger partial charge in [0.15, 0.2) is 0 Å². The second-order valence-electron chi connectivity index (χ2n) is 5.61. The molecule has 3 rings (SSSR count). The summed E-state index contributed by atoms with van der Waals surface area (Å²) in [5.74, 6) is -1.49. The van der Waals surface area contributed by atoms with Crippen LogP contribution >= 0.6 is 0 Å². The Balaban J connectivity index is 0.000000378. The molecular formula is C25H26O5. The van der Waals surface area contributed by atoms with Crippen molar-refractivity contribution >= 4 is 29.6 Å². The smallest absolute Gasteiger partial charge is 0.338 e. The van der Waals surface area contributed by atoms with E-state index in [2.05, 4.69) is 41.3 Å². The van der Waals surface area contributed by atoms with Crippen molar-refractivity contribution in [1.29, 1.82) is 0 Å². The van der Waals surface area contributed by atoms with Crippen LogP contribution in [-0.4, -0.2) is 17.9 Å². The lowest BCUT2D eigenvalue weighted by molar-refractivity contribution is -0.150. The highest BCUT2D eigenvalue weighted by Gasteiger charge is 2.10. The quantitative estimate of drug-likeness (QED) is 0.389. The van der Waals surface area contributed by atoms with Crippen molar-refractivity contribution in [3.63, 3.8) is 0 Å². The van der Waals surface area contributed by atoms with Crippen molar-refractivity contribution in [3.05, 3.63) is 110 Å². The summed E-state index contributed by atoms with van der Waals surface area (Å²) in [4.78, 5) is 29.6. The monoisotopic (exact) mass is 406 g/mol. The molecule has 0 unspecified atom stereocenters. The number of esters is 3. The van der Waals surface area contributed by atoms with Crippen molar-refractivity contribution in [2.45, 2.75) is 13.8 Å². The molecule has 0 bridgehead atoms. The van der Waals surface area contributed by atoms with Crippen LogP contribution in [0.1, 0.15) is 25.0 Å². The summed E-state index contributed by atoms with van der Waals surface area (Å²) >= 11 is 0. The Hall–Kier alpha value is -3.99. The summed E-state index contributed by atoms with van der Waals surface area (Å²) in [6.07, 6.45) is 5.10. The number of hydrogen-bond donors (Lipinski definition) is 0. The van der Waals surface area contributed by atoms with Crippen molar-refractivity contribution in [1.82, 2.24) is 0 Å². The van der Waals surface area contributed by atoms with Gasteiger partial charge in [-0.15, -0.1) is 0 Å². The predicted octanol–water partition coefficient (Wildman–Crippen LogP) is 5.37. The number of carbonyl (C=O) groups is 3. The van der Waals surface area contributed by atoms with E-state index in [1.807, 2.05) is 61.5 Å². The van der Waals surface area contributed by atoms with Gasteiger partial charge in [0.25, 0.3) is 0 Å². The van der Waals surface area contributed by atoms with E-state index < -0.39 is 11.9 Å². The molecule has 156 valence electrons. The molecule has 2 aromatic carbocycles. The second-order valence-corrected chi connectivity index (χ2v) is 5.61. The molecule has 0 radical (unpaired) electrons. The van der Waals surface area contributed by atoms with Gasteiger partial charge in [0.1, 0.15) is 0 Å². The van der Waals surface area contributed by atoms with Crippen molar-refractivity contribution in [2.24, 2.45) is 0 Å². The molecule has 0 aromatic heterocycles. The van der Waals surface area contributed by atoms with Crippen molar-refractivity contribution < 1.29 is 23.9 Å². The minimum absolute atomic E-state index is 0.329. The first-order valence-electron chi connectivity index (χ1n) is 8.90. The predicted molar refractivity (Wildman–Crippen MR) is 120 cm³/mol. The van der Waals surface area contributed by atoms with Gasteiger partial charge in [-0.05, 0) is 18.1 Å². The summed E-state index contributed by atoms with van der Waals surface area (Å²) in [5.41, 5.74) is 3.51. The molecule has 5 heteroatoms. The van der Waals surface area contributed by atoms with Crippen LogP contribution in [0.15, 0.2) is 98.8 Å². The van der Waals surface area contributed by atoms with Gasteiger partial charge in [0, 0.05) is 19.1 Å². The summed E-state index contributed by atoms with van der Waals surface area (Å²) in [6, 6.07) is 20.2. The lowest BCUT2D eigenvalue weighted by Crippen LogP contribution is -1.96. The largest absolute Gasteiger partial charge is 0.435 e. The van der Waals surface area contributed by atoms with Crippen LogP contribution < -0.4 is 0 Å². The lowest BCUT2D eigenvalue weighted by atomic mass is 10.1. The molecule has 0 fully saturated rings. The Morgan fingerprint density at radius 3 is 1.53 bits per heavy atom. The van der Waals surface area contributed by atoms with Crippen LogP contribution in [0.2, 0.25) is 0 Å². The molecule has 0 amide bonds. The average molecular weight is 406 g/mol. The first-order valence-corrected chi connectivity index (χ1v) is 8.90. The second kappa shape index (κ2) is 16.0. The number of cyclic esters (lactones) is 2. The molecule has 0 N–H and O–H groups in total. The van der Waals surface area contributed by atoms with Crippen LogP contribution in [0.3, 0.4) is 0 Å². The molecule has 0 saturated heterocycles. The maximum Gasteiger partial charge on any atom is 0.338 e. The topological polar surface area (TPSA) is 69.7 Å². The molecule has 2 aromatic rings. The SMILES string of the molecule is C=C(C)c1ccccc1.C=COC(C)=O.C=Cc1ccccc1.O=C1C=CC(=O)O1. The minimum atomic E-state index is -0.579. The van der Waals surface area contributed by atoms with E-state index in [4.69, 9.17) is 0 Å². The Labute approximate surface area is 177 Å². The number of benzene rings is 2. The highest BCUT2D eigenvalue weighted by atomic mass is 16.6. The third-order valence-electron chi connectivity index (χ3n) is 3.11. The maximum absolute atomic E-state index is 9.92. The zero-order valence-corrected chi connectivity index (χ0v) is 17.2. The summed E-state index contributed by atoms with van der Waals surface area (Å²) in [7, 11) is 0. The van der Waals surface area contributed by atoms with Crippen molar-refractivity contribution in [2.75, 3.05) is 0 Å². The van der Waals surface area contributed by atoms with Crippen LogP contribution in [0, 0.1) is 0 Å². The molecule has 1 aliphatic rings. The van der Waals surface area contributed by atoms with Crippen LogP contribution in [0.25, 0.3) is 11.6 Å². The van der Waals surface area contributed by atoms with Gasteiger partial charge < -0.3 is 9.47 Å². The molecular weight excluding hydrogens is 380 g/mol. The normalized spacial score (nSPS) is 10.5. The molecule has 30 heavy (non-hydrogen) atoms. The Morgan fingerprint density at radius 2 is 1.33 bits per heavy atom. The van der Waals surface area contributed by atoms with Crippen LogP contribution in [0.4, 0.5) is 0 Å². The number of ether oxygens (including phenoxy) is 2. The maximum atomic E-state index is 9.92. The minimum Gasteiger partial charge on any atom is -0.435 e. The zero-order valence-electron chi connectivity index (χ0n) is 17.2. The fourth-order valence-electron chi connectivity index (χ4n) is 1.73. The molecule has 5 nitrogen and oxygen atoms in total. The third-order valence-corrected chi connectivity index (χ3v) is 3.11. The molecule has 0 saturated carbocycles. The first-order chi connectivity index (χ1) is 14.3. The first kappa shape index (κ1) is 26.0. The van der Waals surface area contributed by atoms with E-state index in [1.54, 1.807) is 0 Å². The van der Waals surface area contributed by atoms with E-state index in [0.29, 0.717) is 0 Å². The lowest BCUT2D eigenvalue weighted by Gasteiger charge is -1.94. The summed E-state index contributed by atoms with van der Waals surface area (Å²) in [5, 5.41) is 0. The van der Waals surface area contributed by atoms with Gasteiger partial charge in [0.05, 0.1) is 6.26 Å². The molecule has 0 atom stereocenters. The van der Waals surface area contributed by atoms with E-state index in [0.717, 1.165) is 24.0 Å². The number of hydrogen-bond acceptors (Lipinski definition) is 5. The summed E-state index contributed by atoms with van der Waals surface area (Å²) in [6.45, 7) is 13.9. The Morgan fingerprint density at radius 1 is 0.867 bits per heavy atom. The third kappa shape index (κ3) is 14.1. The van der Waals surface area contributed by atoms with Gasteiger partial charge in [-0.3, -0.25) is 4.79 Å². The van der Waals surface area contributed by atoms with Gasteiger partial charge >= 0.3 is 17.9 Å². The molecule has 1 aliphatic heterocycles. The van der Waals surface area contributed by atoms with Gasteiger partial charge in [-0.25, -0.2) is 9.59 Å². The van der Waals surface area contributed by atoms with Crippen molar-refractivity contribution in [3.8, 4) is 0 Å². The molecule has 0 spiro atoms. The van der Waals surface area contributed by atoms with E-state index in [1.165, 1.54) is 18.1 Å². The Bertz CT molecular complexity index is 849.